The number of nitrogens with zero attached hydrogens (tertiary/aromatic N) is 7. The fourth-order valence-electron chi connectivity index (χ4n) is 4.86. The second kappa shape index (κ2) is 9.43. The fourth-order valence-corrected chi connectivity index (χ4v) is 4.86. The van der Waals surface area contributed by atoms with Gasteiger partial charge in [0.2, 0.25) is 11.8 Å². The van der Waals surface area contributed by atoms with Crippen LogP contribution in [0.1, 0.15) is 11.1 Å². The molecule has 15 heteroatoms. The van der Waals surface area contributed by atoms with Gasteiger partial charge in [0, 0.05) is 51.2 Å². The van der Waals surface area contributed by atoms with Gasteiger partial charge in [-0.1, -0.05) is 0 Å². The van der Waals surface area contributed by atoms with E-state index in [4.69, 9.17) is 10.2 Å². The fraction of sp³-hybridized carbons (Fsp3) is 0.320. The zero-order chi connectivity index (χ0) is 28.2. The lowest BCUT2D eigenvalue weighted by Crippen LogP contribution is -2.47. The molecule has 1 aliphatic rings. The van der Waals surface area contributed by atoms with E-state index in [1.54, 1.807) is 17.0 Å². The minimum absolute atomic E-state index is 0.0934. The number of hydrogen-bond donors (Lipinski definition) is 1. The largest absolute Gasteiger partial charge is 0.461 e. The third-order valence-electron chi connectivity index (χ3n) is 6.93. The van der Waals surface area contributed by atoms with Crippen LogP contribution < -0.4 is 10.6 Å². The number of halogens is 6. The van der Waals surface area contributed by atoms with Crippen LogP contribution in [0, 0.1) is 0 Å². The van der Waals surface area contributed by atoms with Crippen LogP contribution in [0.25, 0.3) is 28.3 Å². The molecule has 1 saturated heterocycles. The van der Waals surface area contributed by atoms with Crippen LogP contribution in [0.2, 0.25) is 0 Å². The minimum Gasteiger partial charge on any atom is -0.461 e. The Morgan fingerprint density at radius 3 is 2.17 bits per heavy atom. The van der Waals surface area contributed by atoms with Crippen molar-refractivity contribution in [1.29, 1.82) is 0 Å². The van der Waals surface area contributed by atoms with Gasteiger partial charge in [-0.05, 0) is 36.4 Å². The van der Waals surface area contributed by atoms with E-state index in [9.17, 15) is 26.3 Å². The summed E-state index contributed by atoms with van der Waals surface area (Å²) in [4.78, 5) is 12.7. The number of furan rings is 1. The van der Waals surface area contributed by atoms with Crippen LogP contribution in [0.15, 0.2) is 53.3 Å². The maximum Gasteiger partial charge on any atom is 0.416 e. The monoisotopic (exact) mass is 564 g/mol. The first-order valence-electron chi connectivity index (χ1n) is 12.3. The van der Waals surface area contributed by atoms with Gasteiger partial charge < -0.3 is 19.6 Å². The number of hydrogen-bond acceptors (Lipinski definition) is 7. The van der Waals surface area contributed by atoms with Crippen molar-refractivity contribution >= 4 is 28.3 Å². The van der Waals surface area contributed by atoms with Crippen LogP contribution in [-0.2, 0) is 18.9 Å². The lowest BCUT2D eigenvalue weighted by Gasteiger charge is -2.36. The topological polar surface area (TPSA) is 93.6 Å². The molecule has 2 N–H and O–H groups in total. The normalized spacial score (nSPS) is 15.5. The second-order valence-corrected chi connectivity index (χ2v) is 9.46. The minimum atomic E-state index is -4.88. The average molecular weight is 564 g/mol. The van der Waals surface area contributed by atoms with E-state index in [1.165, 1.54) is 10.8 Å². The number of benzene rings is 1. The molecule has 0 unspecified atom stereocenters. The number of alkyl halides is 6. The Morgan fingerprint density at radius 1 is 0.850 bits per heavy atom. The van der Waals surface area contributed by atoms with Gasteiger partial charge in [-0.15, -0.1) is 5.10 Å². The molecule has 0 aliphatic carbocycles. The van der Waals surface area contributed by atoms with Crippen LogP contribution in [0.3, 0.4) is 0 Å². The molecule has 5 aromatic rings. The van der Waals surface area contributed by atoms with Crippen molar-refractivity contribution in [2.24, 2.45) is 0 Å². The van der Waals surface area contributed by atoms with Crippen LogP contribution in [0.4, 0.5) is 38.0 Å². The summed E-state index contributed by atoms with van der Waals surface area (Å²) in [6.45, 7) is 2.62. The summed E-state index contributed by atoms with van der Waals surface area (Å²) in [6.07, 6.45) is -6.38. The summed E-state index contributed by atoms with van der Waals surface area (Å²) in [5.41, 5.74) is 4.57. The van der Waals surface area contributed by atoms with Gasteiger partial charge in [-0.25, -0.2) is 4.98 Å². The second-order valence-electron chi connectivity index (χ2n) is 9.46. The molecule has 0 spiro atoms. The van der Waals surface area contributed by atoms with Gasteiger partial charge in [0.05, 0.1) is 22.8 Å². The van der Waals surface area contributed by atoms with Crippen molar-refractivity contribution in [2.75, 3.05) is 43.4 Å². The SMILES string of the molecule is Nc1nc2c(ccn2CCN2CCN(c3cc(C(F)(F)F)cc(C(F)(F)F)c3)CC2)c2nc(-c3ccco3)nn12. The Morgan fingerprint density at radius 2 is 1.55 bits per heavy atom. The summed E-state index contributed by atoms with van der Waals surface area (Å²) >= 11 is 0. The van der Waals surface area contributed by atoms with E-state index in [0.717, 1.165) is 17.5 Å². The van der Waals surface area contributed by atoms with Crippen molar-refractivity contribution in [3.05, 3.63) is 60.0 Å². The zero-order valence-corrected chi connectivity index (χ0v) is 20.7. The number of piperazine rings is 1. The molecule has 40 heavy (non-hydrogen) atoms. The van der Waals surface area contributed by atoms with Gasteiger partial charge in [-0.3, -0.25) is 4.90 Å². The maximum absolute atomic E-state index is 13.3. The molecule has 5 heterocycles. The van der Waals surface area contributed by atoms with Crippen LogP contribution in [0.5, 0.6) is 0 Å². The molecular formula is C25H22F6N8O. The number of anilines is 2. The Labute approximate surface area is 222 Å². The standard InChI is InChI=1S/C25H22F6N8O/c26-24(27,28)15-12-16(25(29,30)31)14-17(13-15)37-8-5-36(6-9-37)7-10-38-4-3-18-21(38)34-23(32)39-22(18)33-20(35-39)19-2-1-11-40-19/h1-4,11-14H,5-10H2,(H2,32,34). The number of rotatable bonds is 5. The quantitative estimate of drug-likeness (QED) is 0.307. The Hall–Kier alpha value is -4.27. The molecular weight excluding hydrogens is 542 g/mol. The molecule has 1 aliphatic heterocycles. The molecule has 9 nitrogen and oxygen atoms in total. The smallest absolute Gasteiger partial charge is 0.416 e. The van der Waals surface area contributed by atoms with Crippen molar-refractivity contribution in [2.45, 2.75) is 18.9 Å². The predicted octanol–water partition coefficient (Wildman–Crippen LogP) is 4.78. The van der Waals surface area contributed by atoms with E-state index in [-0.39, 0.29) is 30.8 Å². The predicted molar refractivity (Wildman–Crippen MR) is 133 cm³/mol. The number of fused-ring (bicyclic) bond motifs is 3. The molecule has 0 atom stereocenters. The van der Waals surface area contributed by atoms with Crippen molar-refractivity contribution < 1.29 is 30.8 Å². The van der Waals surface area contributed by atoms with E-state index >= 15 is 0 Å². The molecule has 1 aromatic carbocycles. The van der Waals surface area contributed by atoms with Crippen molar-refractivity contribution in [1.82, 2.24) is 29.0 Å². The highest BCUT2D eigenvalue weighted by Gasteiger charge is 2.37. The van der Waals surface area contributed by atoms with E-state index in [1.807, 2.05) is 16.8 Å². The summed E-state index contributed by atoms with van der Waals surface area (Å²) in [5.74, 6) is 1.02. The van der Waals surface area contributed by atoms with E-state index in [0.29, 0.717) is 49.1 Å². The zero-order valence-electron chi connectivity index (χ0n) is 20.7. The highest BCUT2D eigenvalue weighted by Crippen LogP contribution is 2.38. The molecule has 0 bridgehead atoms. The van der Waals surface area contributed by atoms with Crippen LogP contribution in [-0.4, -0.2) is 61.8 Å². The Balaban J connectivity index is 1.15. The number of aromatic nitrogens is 5. The Bertz CT molecular complexity index is 1630. The molecule has 4 aromatic heterocycles. The van der Waals surface area contributed by atoms with Gasteiger partial charge >= 0.3 is 12.4 Å². The average Bonchev–Trinajstić information content (AvgIpc) is 3.66. The number of nitrogen functional groups attached to an aromatic ring is 1. The van der Waals surface area contributed by atoms with Crippen LogP contribution >= 0.6 is 0 Å². The third-order valence-corrected chi connectivity index (χ3v) is 6.93. The van der Waals surface area contributed by atoms with Gasteiger partial charge in [0.15, 0.2) is 11.4 Å². The molecule has 210 valence electrons. The van der Waals surface area contributed by atoms with Gasteiger partial charge in [0.1, 0.15) is 5.65 Å². The van der Waals surface area contributed by atoms with E-state index < -0.39 is 23.5 Å². The van der Waals surface area contributed by atoms with E-state index in [2.05, 4.69) is 20.0 Å². The Kier molecular flexibility index (Phi) is 6.12. The summed E-state index contributed by atoms with van der Waals surface area (Å²) < 4.78 is 88.3. The number of nitrogens with two attached hydrogens (primary N) is 1. The van der Waals surface area contributed by atoms with Gasteiger partial charge in [0.25, 0.3) is 0 Å². The summed E-state index contributed by atoms with van der Waals surface area (Å²) in [7, 11) is 0. The summed E-state index contributed by atoms with van der Waals surface area (Å²) in [5, 5.41) is 5.13. The third kappa shape index (κ3) is 4.80. The summed E-state index contributed by atoms with van der Waals surface area (Å²) in [6, 6.07) is 7.02. The maximum atomic E-state index is 13.3. The van der Waals surface area contributed by atoms with Crippen molar-refractivity contribution in [3.8, 4) is 11.6 Å². The molecule has 0 saturated carbocycles. The van der Waals surface area contributed by atoms with Gasteiger partial charge in [-0.2, -0.15) is 35.8 Å². The first-order chi connectivity index (χ1) is 19.0. The molecule has 6 rings (SSSR count). The molecule has 0 radical (unpaired) electrons. The first kappa shape index (κ1) is 26.0. The highest BCUT2D eigenvalue weighted by molar-refractivity contribution is 5.91. The lowest BCUT2D eigenvalue weighted by molar-refractivity contribution is -0.143. The molecule has 1 fully saturated rings. The van der Waals surface area contributed by atoms with Crippen molar-refractivity contribution in [3.63, 3.8) is 0 Å². The first-order valence-corrected chi connectivity index (χ1v) is 12.3. The molecule has 0 amide bonds. The lowest BCUT2D eigenvalue weighted by atomic mass is 10.1. The highest BCUT2D eigenvalue weighted by atomic mass is 19.4.